The third-order valence-electron chi connectivity index (χ3n) is 1.21. The molecular weight excluding hydrogens is 163 g/mol. The SMILES string of the molecule is Cn1ccc(/C=C(/F)C(=O)O)n1. The van der Waals surface area contributed by atoms with Gasteiger partial charge in [0.1, 0.15) is 0 Å². The van der Waals surface area contributed by atoms with Crippen molar-refractivity contribution < 1.29 is 14.3 Å². The summed E-state index contributed by atoms with van der Waals surface area (Å²) in [6, 6.07) is 1.52. The first-order valence-corrected chi connectivity index (χ1v) is 3.20. The van der Waals surface area contributed by atoms with Crippen molar-refractivity contribution in [1.29, 1.82) is 0 Å². The van der Waals surface area contributed by atoms with E-state index in [9.17, 15) is 9.18 Å². The Morgan fingerprint density at radius 1 is 1.83 bits per heavy atom. The molecule has 64 valence electrons. The van der Waals surface area contributed by atoms with Crippen molar-refractivity contribution >= 4 is 12.0 Å². The van der Waals surface area contributed by atoms with Crippen LogP contribution >= 0.6 is 0 Å². The van der Waals surface area contributed by atoms with Gasteiger partial charge in [-0.05, 0) is 6.07 Å². The first kappa shape index (κ1) is 8.45. The van der Waals surface area contributed by atoms with Crippen LogP contribution in [0.2, 0.25) is 0 Å². The van der Waals surface area contributed by atoms with Crippen LogP contribution < -0.4 is 0 Å². The maximum Gasteiger partial charge on any atom is 0.364 e. The molecule has 12 heavy (non-hydrogen) atoms. The molecule has 0 aliphatic rings. The average molecular weight is 170 g/mol. The number of halogens is 1. The van der Waals surface area contributed by atoms with Crippen molar-refractivity contribution in [2.75, 3.05) is 0 Å². The van der Waals surface area contributed by atoms with E-state index in [1.54, 1.807) is 13.2 Å². The van der Waals surface area contributed by atoms with Gasteiger partial charge < -0.3 is 5.11 Å². The number of hydrogen-bond donors (Lipinski definition) is 1. The lowest BCUT2D eigenvalue weighted by Gasteiger charge is -1.86. The van der Waals surface area contributed by atoms with E-state index in [1.807, 2.05) is 0 Å². The number of carboxylic acid groups (broad SMARTS) is 1. The summed E-state index contributed by atoms with van der Waals surface area (Å²) in [7, 11) is 1.66. The minimum Gasteiger partial charge on any atom is -0.476 e. The van der Waals surface area contributed by atoms with Crippen LogP contribution in [0.5, 0.6) is 0 Å². The normalized spacial score (nSPS) is 11.7. The number of rotatable bonds is 2. The van der Waals surface area contributed by atoms with Crippen LogP contribution in [0, 0.1) is 0 Å². The van der Waals surface area contributed by atoms with Crippen molar-refractivity contribution in [3.8, 4) is 0 Å². The molecule has 0 fully saturated rings. The number of aryl methyl sites for hydroxylation is 1. The zero-order valence-corrected chi connectivity index (χ0v) is 6.36. The Morgan fingerprint density at radius 2 is 2.50 bits per heavy atom. The minimum absolute atomic E-state index is 0.289. The van der Waals surface area contributed by atoms with E-state index in [0.717, 1.165) is 6.08 Å². The van der Waals surface area contributed by atoms with Crippen LogP contribution in [0.4, 0.5) is 4.39 Å². The van der Waals surface area contributed by atoms with Crippen LogP contribution in [0.1, 0.15) is 5.69 Å². The molecule has 0 saturated heterocycles. The lowest BCUT2D eigenvalue weighted by atomic mass is 10.4. The van der Waals surface area contributed by atoms with Gasteiger partial charge in [0.25, 0.3) is 0 Å². The summed E-state index contributed by atoms with van der Waals surface area (Å²) in [6.07, 6.45) is 2.46. The molecule has 0 aromatic carbocycles. The van der Waals surface area contributed by atoms with E-state index < -0.39 is 11.8 Å². The van der Waals surface area contributed by atoms with Gasteiger partial charge in [0, 0.05) is 19.3 Å². The molecule has 1 heterocycles. The summed E-state index contributed by atoms with van der Waals surface area (Å²) in [5.74, 6) is -2.80. The highest BCUT2D eigenvalue weighted by atomic mass is 19.1. The first-order valence-electron chi connectivity index (χ1n) is 3.20. The molecule has 0 spiro atoms. The molecule has 0 aliphatic heterocycles. The molecule has 1 rings (SSSR count). The zero-order chi connectivity index (χ0) is 9.14. The smallest absolute Gasteiger partial charge is 0.364 e. The quantitative estimate of drug-likeness (QED) is 0.668. The van der Waals surface area contributed by atoms with E-state index in [2.05, 4.69) is 5.10 Å². The predicted molar refractivity (Wildman–Crippen MR) is 39.9 cm³/mol. The van der Waals surface area contributed by atoms with Gasteiger partial charge in [-0.15, -0.1) is 0 Å². The molecule has 1 aromatic rings. The van der Waals surface area contributed by atoms with E-state index in [-0.39, 0.29) is 5.69 Å². The fourth-order valence-corrected chi connectivity index (χ4v) is 0.702. The summed E-state index contributed by atoms with van der Waals surface area (Å²) in [6.45, 7) is 0. The van der Waals surface area contributed by atoms with E-state index in [4.69, 9.17) is 5.11 Å². The topological polar surface area (TPSA) is 55.1 Å². The number of hydrogen-bond acceptors (Lipinski definition) is 2. The maximum atomic E-state index is 12.4. The highest BCUT2D eigenvalue weighted by molar-refractivity contribution is 5.89. The Hall–Kier alpha value is -1.65. The standard InChI is InChI=1S/C7H7FN2O2/c1-10-3-2-5(9-10)4-6(8)7(11)12/h2-4H,1H3,(H,11,12)/b6-4+. The van der Waals surface area contributed by atoms with Crippen LogP contribution in [0.15, 0.2) is 18.1 Å². The van der Waals surface area contributed by atoms with E-state index in [0.29, 0.717) is 0 Å². The van der Waals surface area contributed by atoms with E-state index >= 15 is 0 Å². The number of aromatic nitrogens is 2. The second-order valence-corrected chi connectivity index (χ2v) is 2.21. The lowest BCUT2D eigenvalue weighted by Crippen LogP contribution is -1.94. The Bertz CT molecular complexity index is 330. The van der Waals surface area contributed by atoms with Crippen molar-refractivity contribution in [2.24, 2.45) is 7.05 Å². The summed E-state index contributed by atoms with van der Waals surface area (Å²) >= 11 is 0. The number of carboxylic acids is 1. The lowest BCUT2D eigenvalue weighted by molar-refractivity contribution is -0.134. The monoisotopic (exact) mass is 170 g/mol. The third-order valence-corrected chi connectivity index (χ3v) is 1.21. The van der Waals surface area contributed by atoms with Gasteiger partial charge >= 0.3 is 5.97 Å². The number of aliphatic carboxylic acids is 1. The van der Waals surface area contributed by atoms with Crippen molar-refractivity contribution in [1.82, 2.24) is 9.78 Å². The van der Waals surface area contributed by atoms with Crippen LogP contribution in [0.25, 0.3) is 6.08 Å². The molecule has 0 amide bonds. The molecule has 1 aromatic heterocycles. The molecule has 0 aliphatic carbocycles. The van der Waals surface area contributed by atoms with Gasteiger partial charge in [0.15, 0.2) is 0 Å². The Morgan fingerprint density at radius 3 is 2.92 bits per heavy atom. The van der Waals surface area contributed by atoms with Crippen LogP contribution in [0.3, 0.4) is 0 Å². The van der Waals surface area contributed by atoms with Crippen LogP contribution in [-0.4, -0.2) is 20.9 Å². The molecular formula is C7H7FN2O2. The highest BCUT2D eigenvalue weighted by Crippen LogP contribution is 2.04. The zero-order valence-electron chi connectivity index (χ0n) is 6.36. The second kappa shape index (κ2) is 3.17. The van der Waals surface area contributed by atoms with Gasteiger partial charge in [-0.2, -0.15) is 9.49 Å². The number of nitrogens with zero attached hydrogens (tertiary/aromatic N) is 2. The summed E-state index contributed by atoms with van der Waals surface area (Å²) in [5.41, 5.74) is 0.289. The highest BCUT2D eigenvalue weighted by Gasteiger charge is 2.05. The molecule has 5 heteroatoms. The second-order valence-electron chi connectivity index (χ2n) is 2.21. The van der Waals surface area contributed by atoms with E-state index in [1.165, 1.54) is 10.7 Å². The van der Waals surface area contributed by atoms with Gasteiger partial charge in [0.05, 0.1) is 5.69 Å². The maximum absolute atomic E-state index is 12.4. The number of carbonyl (C=O) groups is 1. The molecule has 4 nitrogen and oxygen atoms in total. The fraction of sp³-hybridized carbons (Fsp3) is 0.143. The van der Waals surface area contributed by atoms with Gasteiger partial charge in [-0.1, -0.05) is 0 Å². The Labute approximate surface area is 67.9 Å². The Balaban J connectivity index is 2.87. The molecule has 0 bridgehead atoms. The average Bonchev–Trinajstić information content (AvgIpc) is 2.35. The molecule has 0 saturated carbocycles. The molecule has 0 atom stereocenters. The molecule has 0 unspecified atom stereocenters. The predicted octanol–water partition coefficient (Wildman–Crippen LogP) is 0.815. The van der Waals surface area contributed by atoms with Crippen molar-refractivity contribution in [3.05, 3.63) is 23.8 Å². The molecule has 1 N–H and O–H groups in total. The van der Waals surface area contributed by atoms with Crippen LogP contribution in [-0.2, 0) is 11.8 Å². The van der Waals surface area contributed by atoms with Gasteiger partial charge in [-0.3, -0.25) is 4.68 Å². The van der Waals surface area contributed by atoms with Gasteiger partial charge in [-0.25, -0.2) is 4.79 Å². The summed E-state index contributed by atoms with van der Waals surface area (Å²) in [5, 5.41) is 11.9. The fourth-order valence-electron chi connectivity index (χ4n) is 0.702. The summed E-state index contributed by atoms with van der Waals surface area (Å²) < 4.78 is 13.9. The third kappa shape index (κ3) is 1.91. The van der Waals surface area contributed by atoms with Crippen molar-refractivity contribution in [2.45, 2.75) is 0 Å². The van der Waals surface area contributed by atoms with Gasteiger partial charge in [0.2, 0.25) is 5.83 Å². The first-order chi connectivity index (χ1) is 5.59. The largest absolute Gasteiger partial charge is 0.476 e. The summed E-state index contributed by atoms with van der Waals surface area (Å²) in [4.78, 5) is 10.0. The Kier molecular flexibility index (Phi) is 2.23. The minimum atomic E-state index is -1.58. The molecule has 0 radical (unpaired) electrons. The van der Waals surface area contributed by atoms with Crippen molar-refractivity contribution in [3.63, 3.8) is 0 Å².